The number of hydrogen-bond donors (Lipinski definition) is 0. The number of methoxy groups -OCH3 is 1. The van der Waals surface area contributed by atoms with Crippen LogP contribution in [-0.4, -0.2) is 24.0 Å². The highest BCUT2D eigenvalue weighted by Crippen LogP contribution is 2.28. The fourth-order valence-corrected chi connectivity index (χ4v) is 2.82. The van der Waals surface area contributed by atoms with Crippen molar-refractivity contribution in [1.82, 2.24) is 4.98 Å². The van der Waals surface area contributed by atoms with Gasteiger partial charge in [0, 0.05) is 5.39 Å². The second-order valence-electron chi connectivity index (χ2n) is 5.80. The van der Waals surface area contributed by atoms with Gasteiger partial charge in [0.25, 0.3) is 0 Å². The average molecular weight is 313 g/mol. The van der Waals surface area contributed by atoms with E-state index in [1.807, 2.05) is 31.2 Å². The number of esters is 2. The third-order valence-corrected chi connectivity index (χ3v) is 4.41. The molecular weight excluding hydrogens is 294 g/mol. The zero-order valence-corrected chi connectivity index (χ0v) is 13.3. The minimum absolute atomic E-state index is 0.00173. The van der Waals surface area contributed by atoms with Crippen LogP contribution in [0.4, 0.5) is 0 Å². The number of pyridine rings is 1. The zero-order valence-electron chi connectivity index (χ0n) is 13.3. The molecular formula is C18H19NO4. The van der Waals surface area contributed by atoms with E-state index in [9.17, 15) is 9.59 Å². The molecule has 1 aromatic carbocycles. The summed E-state index contributed by atoms with van der Waals surface area (Å²) in [5, 5.41) is 0.891. The van der Waals surface area contributed by atoms with Crippen molar-refractivity contribution in [1.29, 1.82) is 0 Å². The fourth-order valence-electron chi connectivity index (χ4n) is 2.82. The largest absolute Gasteiger partial charge is 0.465 e. The lowest BCUT2D eigenvalue weighted by Gasteiger charge is -2.23. The lowest BCUT2D eigenvalue weighted by Crippen LogP contribution is -2.24. The first-order chi connectivity index (χ1) is 11.1. The summed E-state index contributed by atoms with van der Waals surface area (Å²) in [6.07, 6.45) is 2.83. The molecule has 0 saturated heterocycles. The predicted molar refractivity (Wildman–Crippen MR) is 85.0 cm³/mol. The second-order valence-corrected chi connectivity index (χ2v) is 5.80. The highest BCUT2D eigenvalue weighted by molar-refractivity contribution is 5.98. The number of carbonyl (C=O) groups excluding carboxylic acids is 2. The summed E-state index contributed by atoms with van der Waals surface area (Å²) in [5.74, 6) is -0.673. The van der Waals surface area contributed by atoms with Gasteiger partial charge in [0.1, 0.15) is 6.61 Å². The molecule has 0 radical (unpaired) electrons. The van der Waals surface area contributed by atoms with Crippen LogP contribution in [0.1, 0.15) is 40.9 Å². The van der Waals surface area contributed by atoms with Gasteiger partial charge in [-0.1, -0.05) is 24.6 Å². The van der Waals surface area contributed by atoms with Crippen LogP contribution < -0.4 is 0 Å². The van der Waals surface area contributed by atoms with E-state index in [1.165, 1.54) is 7.11 Å². The SMILES string of the molecule is COC(=O)c1c(COC(=O)C2CCC2)nc2ccccc2c1C. The number of rotatable bonds is 4. The normalized spacial score (nSPS) is 14.3. The minimum atomic E-state index is -0.463. The quantitative estimate of drug-likeness (QED) is 0.811. The summed E-state index contributed by atoms with van der Waals surface area (Å²) in [5.41, 5.74) is 2.39. The number of aryl methyl sites for hydroxylation is 1. The highest BCUT2D eigenvalue weighted by atomic mass is 16.5. The van der Waals surface area contributed by atoms with Crippen LogP contribution >= 0.6 is 0 Å². The van der Waals surface area contributed by atoms with Gasteiger partial charge < -0.3 is 9.47 Å². The molecule has 0 atom stereocenters. The van der Waals surface area contributed by atoms with Crippen LogP contribution in [0.5, 0.6) is 0 Å². The maximum Gasteiger partial charge on any atom is 0.340 e. The van der Waals surface area contributed by atoms with E-state index in [1.54, 1.807) is 0 Å². The van der Waals surface area contributed by atoms with Crippen molar-refractivity contribution < 1.29 is 19.1 Å². The maximum atomic E-state index is 12.1. The van der Waals surface area contributed by atoms with Crippen molar-refractivity contribution in [3.63, 3.8) is 0 Å². The average Bonchev–Trinajstić information content (AvgIpc) is 2.50. The van der Waals surface area contributed by atoms with Gasteiger partial charge in [-0.3, -0.25) is 4.79 Å². The monoisotopic (exact) mass is 313 g/mol. The Morgan fingerprint density at radius 2 is 2.00 bits per heavy atom. The number of para-hydroxylation sites is 1. The summed E-state index contributed by atoms with van der Waals surface area (Å²) in [6.45, 7) is 1.85. The molecule has 0 spiro atoms. The molecule has 1 saturated carbocycles. The van der Waals surface area contributed by atoms with Crippen LogP contribution in [0.25, 0.3) is 10.9 Å². The molecule has 23 heavy (non-hydrogen) atoms. The Morgan fingerprint density at radius 3 is 2.65 bits per heavy atom. The van der Waals surface area contributed by atoms with Gasteiger partial charge in [-0.15, -0.1) is 0 Å². The Labute approximate surface area is 134 Å². The molecule has 1 fully saturated rings. The zero-order chi connectivity index (χ0) is 16.4. The number of benzene rings is 1. The number of hydrogen-bond acceptors (Lipinski definition) is 5. The second kappa shape index (κ2) is 6.36. The van der Waals surface area contributed by atoms with Crippen molar-refractivity contribution in [3.8, 4) is 0 Å². The highest BCUT2D eigenvalue weighted by Gasteiger charge is 2.27. The predicted octanol–water partition coefficient (Wildman–Crippen LogP) is 3.17. The first-order valence-electron chi connectivity index (χ1n) is 7.75. The maximum absolute atomic E-state index is 12.1. The molecule has 5 nitrogen and oxygen atoms in total. The van der Waals surface area contributed by atoms with Gasteiger partial charge >= 0.3 is 11.9 Å². The number of nitrogens with zero attached hydrogens (tertiary/aromatic N) is 1. The van der Waals surface area contributed by atoms with Crippen LogP contribution in [0.15, 0.2) is 24.3 Å². The number of fused-ring (bicyclic) bond motifs is 1. The number of ether oxygens (including phenoxy) is 2. The van der Waals surface area contributed by atoms with Gasteiger partial charge in [0.15, 0.2) is 0 Å². The lowest BCUT2D eigenvalue weighted by molar-refractivity contribution is -0.152. The molecule has 5 heteroatoms. The van der Waals surface area contributed by atoms with Crippen molar-refractivity contribution in [2.75, 3.05) is 7.11 Å². The molecule has 2 aromatic rings. The number of aromatic nitrogens is 1. The van der Waals surface area contributed by atoms with E-state index < -0.39 is 5.97 Å². The van der Waals surface area contributed by atoms with E-state index in [0.29, 0.717) is 11.3 Å². The summed E-state index contributed by atoms with van der Waals surface area (Å²) >= 11 is 0. The molecule has 0 aliphatic heterocycles. The van der Waals surface area contributed by atoms with Crippen LogP contribution in [-0.2, 0) is 20.9 Å². The topological polar surface area (TPSA) is 65.5 Å². The molecule has 0 N–H and O–H groups in total. The fraction of sp³-hybridized carbons (Fsp3) is 0.389. The van der Waals surface area contributed by atoms with Crippen molar-refractivity contribution in [3.05, 3.63) is 41.1 Å². The van der Waals surface area contributed by atoms with Crippen LogP contribution in [0.2, 0.25) is 0 Å². The summed E-state index contributed by atoms with van der Waals surface area (Å²) in [4.78, 5) is 28.6. The van der Waals surface area contributed by atoms with Crippen LogP contribution in [0.3, 0.4) is 0 Å². The third-order valence-electron chi connectivity index (χ3n) is 4.41. The van der Waals surface area contributed by atoms with Crippen molar-refractivity contribution >= 4 is 22.8 Å². The van der Waals surface area contributed by atoms with Gasteiger partial charge in [0.2, 0.25) is 0 Å². The van der Waals surface area contributed by atoms with E-state index >= 15 is 0 Å². The Hall–Kier alpha value is -2.43. The molecule has 0 unspecified atom stereocenters. The van der Waals surface area contributed by atoms with Gasteiger partial charge in [-0.05, 0) is 31.4 Å². The molecule has 3 rings (SSSR count). The smallest absolute Gasteiger partial charge is 0.340 e. The summed E-state index contributed by atoms with van der Waals surface area (Å²) in [6, 6.07) is 7.57. The van der Waals surface area contributed by atoms with E-state index in [2.05, 4.69) is 4.98 Å². The Balaban J connectivity index is 1.96. The molecule has 1 aliphatic carbocycles. The van der Waals surface area contributed by atoms with Gasteiger partial charge in [0.05, 0.1) is 29.8 Å². The van der Waals surface area contributed by atoms with Gasteiger partial charge in [-0.25, -0.2) is 9.78 Å². The minimum Gasteiger partial charge on any atom is -0.465 e. The Bertz CT molecular complexity index is 765. The van der Waals surface area contributed by atoms with Gasteiger partial charge in [-0.2, -0.15) is 0 Å². The molecule has 1 aliphatic rings. The first kappa shape index (κ1) is 15.5. The Morgan fingerprint density at radius 1 is 1.26 bits per heavy atom. The molecule has 0 amide bonds. The third kappa shape index (κ3) is 2.91. The molecule has 120 valence electrons. The summed E-state index contributed by atoms with van der Waals surface area (Å²) in [7, 11) is 1.33. The molecule has 1 heterocycles. The molecule has 0 bridgehead atoms. The Kier molecular flexibility index (Phi) is 4.28. The van der Waals surface area contributed by atoms with E-state index in [4.69, 9.17) is 9.47 Å². The van der Waals surface area contributed by atoms with E-state index in [-0.39, 0.29) is 18.5 Å². The van der Waals surface area contributed by atoms with Crippen molar-refractivity contribution in [2.24, 2.45) is 5.92 Å². The summed E-state index contributed by atoms with van der Waals surface area (Å²) < 4.78 is 10.2. The molecule has 1 aromatic heterocycles. The standard InChI is InChI=1S/C18H19NO4/c1-11-13-8-3-4-9-14(13)19-15(16(11)18(21)22-2)10-23-17(20)12-6-5-7-12/h3-4,8-9,12H,5-7,10H2,1-2H3. The lowest BCUT2D eigenvalue weighted by atomic mass is 9.86. The number of carbonyl (C=O) groups is 2. The first-order valence-corrected chi connectivity index (χ1v) is 7.75. The van der Waals surface area contributed by atoms with Crippen LogP contribution in [0, 0.1) is 12.8 Å². The van der Waals surface area contributed by atoms with Crippen molar-refractivity contribution in [2.45, 2.75) is 32.8 Å². The van der Waals surface area contributed by atoms with E-state index in [0.717, 1.165) is 35.7 Å².